The zero-order valence-electron chi connectivity index (χ0n) is 11.4. The van der Waals surface area contributed by atoms with E-state index >= 15 is 0 Å². The molecular weight excluding hydrogens is 288 g/mol. The van der Waals surface area contributed by atoms with Gasteiger partial charge in [-0.3, -0.25) is 4.79 Å². The third-order valence-electron chi connectivity index (χ3n) is 2.67. The van der Waals surface area contributed by atoms with E-state index in [9.17, 15) is 9.59 Å². The van der Waals surface area contributed by atoms with Crippen LogP contribution in [0.3, 0.4) is 0 Å². The second-order valence-corrected chi connectivity index (χ2v) is 5.41. The molecule has 0 spiro atoms. The summed E-state index contributed by atoms with van der Waals surface area (Å²) in [4.78, 5) is 26.5. The fourth-order valence-corrected chi connectivity index (χ4v) is 2.31. The topological polar surface area (TPSA) is 79.3 Å². The lowest BCUT2D eigenvalue weighted by Gasteiger charge is -2.04. The fourth-order valence-electron chi connectivity index (χ4n) is 1.71. The predicted octanol–water partition coefficient (Wildman–Crippen LogP) is 2.48. The summed E-state index contributed by atoms with van der Waals surface area (Å²) in [7, 11) is 0. The average Bonchev–Trinajstić information content (AvgIpc) is 2.90. The van der Waals surface area contributed by atoms with Gasteiger partial charge < -0.3 is 10.4 Å². The molecule has 1 heterocycles. The lowest BCUT2D eigenvalue weighted by atomic mass is 10.1. The van der Waals surface area contributed by atoms with E-state index in [0.29, 0.717) is 12.2 Å². The molecule has 0 fully saturated rings. The summed E-state index contributed by atoms with van der Waals surface area (Å²) in [6.45, 7) is 2.21. The smallest absolute Gasteiger partial charge is 0.328 e. The van der Waals surface area contributed by atoms with Gasteiger partial charge in [0.2, 0.25) is 0 Å². The molecule has 2 aromatic rings. The Labute approximate surface area is 126 Å². The van der Waals surface area contributed by atoms with E-state index < -0.39 is 5.97 Å². The van der Waals surface area contributed by atoms with Gasteiger partial charge in [0.05, 0.1) is 5.01 Å². The minimum atomic E-state index is -0.993. The average molecular weight is 302 g/mol. The van der Waals surface area contributed by atoms with Crippen LogP contribution in [0.1, 0.15) is 26.6 Å². The maximum absolute atomic E-state index is 11.9. The molecule has 1 aromatic carbocycles. The van der Waals surface area contributed by atoms with Crippen LogP contribution in [0.2, 0.25) is 0 Å². The van der Waals surface area contributed by atoms with Crippen molar-refractivity contribution in [2.24, 2.45) is 0 Å². The van der Waals surface area contributed by atoms with Crippen molar-refractivity contribution in [1.29, 1.82) is 0 Å². The van der Waals surface area contributed by atoms with Gasteiger partial charge in [0.1, 0.15) is 5.69 Å². The van der Waals surface area contributed by atoms with Crippen LogP contribution in [0.25, 0.3) is 6.08 Å². The fraction of sp³-hybridized carbons (Fsp3) is 0.133. The summed E-state index contributed by atoms with van der Waals surface area (Å²) in [5, 5.41) is 14.0. The molecule has 1 amide bonds. The number of nitrogens with zero attached hydrogens (tertiary/aromatic N) is 1. The van der Waals surface area contributed by atoms with E-state index in [1.807, 2.05) is 25.1 Å². The first kappa shape index (κ1) is 14.9. The monoisotopic (exact) mass is 302 g/mol. The Morgan fingerprint density at radius 1 is 1.43 bits per heavy atom. The summed E-state index contributed by atoms with van der Waals surface area (Å²) in [6.07, 6.45) is 2.59. The summed E-state index contributed by atoms with van der Waals surface area (Å²) in [5.41, 5.74) is 2.08. The first-order chi connectivity index (χ1) is 10.0. The number of aliphatic carboxylic acids is 1. The predicted molar refractivity (Wildman–Crippen MR) is 81.1 cm³/mol. The molecule has 0 saturated carbocycles. The van der Waals surface area contributed by atoms with E-state index in [2.05, 4.69) is 10.3 Å². The van der Waals surface area contributed by atoms with Crippen LogP contribution < -0.4 is 5.32 Å². The van der Waals surface area contributed by atoms with Crippen molar-refractivity contribution < 1.29 is 14.7 Å². The van der Waals surface area contributed by atoms with Gasteiger partial charge in [-0.2, -0.15) is 0 Å². The van der Waals surface area contributed by atoms with E-state index in [4.69, 9.17) is 5.11 Å². The van der Waals surface area contributed by atoms with Gasteiger partial charge in [0.15, 0.2) is 0 Å². The lowest BCUT2D eigenvalue weighted by molar-refractivity contribution is -0.131. The number of carbonyl (C=O) groups excluding carboxylic acids is 1. The maximum Gasteiger partial charge on any atom is 0.328 e. The molecule has 0 unspecified atom stereocenters. The number of carboxylic acid groups (broad SMARTS) is 1. The highest BCUT2D eigenvalue weighted by atomic mass is 32.1. The number of aromatic nitrogens is 1. The Balaban J connectivity index is 1.98. The number of aryl methyl sites for hydroxylation is 1. The summed E-state index contributed by atoms with van der Waals surface area (Å²) < 4.78 is 0. The standard InChI is InChI=1S/C15H14N2O3S/c1-10-17-13(9-21-10)15(20)16-8-12-4-2-3-11(7-12)5-6-14(18)19/h2-7,9H,8H2,1H3,(H,16,20)(H,18,19)/b6-5+. The number of benzene rings is 1. The van der Waals surface area contributed by atoms with Crippen LogP contribution in [0.5, 0.6) is 0 Å². The normalized spacial score (nSPS) is 10.7. The molecule has 0 atom stereocenters. The van der Waals surface area contributed by atoms with Gasteiger partial charge in [0.25, 0.3) is 5.91 Å². The molecule has 6 heteroatoms. The molecule has 0 aliphatic heterocycles. The van der Waals surface area contributed by atoms with Crippen LogP contribution in [0.4, 0.5) is 0 Å². The lowest BCUT2D eigenvalue weighted by Crippen LogP contribution is -2.23. The highest BCUT2D eigenvalue weighted by Crippen LogP contribution is 2.09. The van der Waals surface area contributed by atoms with Gasteiger partial charge in [-0.1, -0.05) is 18.2 Å². The third-order valence-corrected chi connectivity index (χ3v) is 3.45. The molecule has 0 bridgehead atoms. The molecule has 0 aliphatic carbocycles. The Morgan fingerprint density at radius 3 is 2.90 bits per heavy atom. The summed E-state index contributed by atoms with van der Waals surface area (Å²) >= 11 is 1.43. The molecule has 5 nitrogen and oxygen atoms in total. The van der Waals surface area contributed by atoms with Crippen LogP contribution in [0, 0.1) is 6.92 Å². The molecule has 0 aliphatic rings. The first-order valence-corrected chi connectivity index (χ1v) is 7.13. The first-order valence-electron chi connectivity index (χ1n) is 6.25. The second kappa shape index (κ2) is 6.81. The van der Waals surface area contributed by atoms with Crippen molar-refractivity contribution >= 4 is 29.3 Å². The number of hydrogen-bond acceptors (Lipinski definition) is 4. The molecule has 0 radical (unpaired) electrons. The minimum Gasteiger partial charge on any atom is -0.478 e. The van der Waals surface area contributed by atoms with E-state index in [-0.39, 0.29) is 5.91 Å². The molecule has 2 rings (SSSR count). The maximum atomic E-state index is 11.9. The highest BCUT2D eigenvalue weighted by Gasteiger charge is 2.08. The van der Waals surface area contributed by atoms with Crippen LogP contribution in [-0.2, 0) is 11.3 Å². The molecule has 0 saturated heterocycles. The number of amides is 1. The minimum absolute atomic E-state index is 0.217. The van der Waals surface area contributed by atoms with Crippen molar-refractivity contribution in [3.05, 3.63) is 57.6 Å². The zero-order valence-corrected chi connectivity index (χ0v) is 12.2. The molecule has 21 heavy (non-hydrogen) atoms. The quantitative estimate of drug-likeness (QED) is 0.832. The van der Waals surface area contributed by atoms with E-state index in [1.54, 1.807) is 11.4 Å². The van der Waals surface area contributed by atoms with Crippen molar-refractivity contribution in [2.45, 2.75) is 13.5 Å². The SMILES string of the molecule is Cc1nc(C(=O)NCc2cccc(/C=C/C(=O)O)c2)cs1. The zero-order chi connectivity index (χ0) is 15.2. The Morgan fingerprint density at radius 2 is 2.24 bits per heavy atom. The van der Waals surface area contributed by atoms with Gasteiger partial charge in [-0.25, -0.2) is 9.78 Å². The van der Waals surface area contributed by atoms with Gasteiger partial charge in [0, 0.05) is 18.0 Å². The van der Waals surface area contributed by atoms with Crippen molar-refractivity contribution in [1.82, 2.24) is 10.3 Å². The van der Waals surface area contributed by atoms with Gasteiger partial charge >= 0.3 is 5.97 Å². The van der Waals surface area contributed by atoms with E-state index in [0.717, 1.165) is 22.2 Å². The van der Waals surface area contributed by atoms with Crippen molar-refractivity contribution in [3.63, 3.8) is 0 Å². The van der Waals surface area contributed by atoms with Crippen molar-refractivity contribution in [2.75, 3.05) is 0 Å². The highest BCUT2D eigenvalue weighted by molar-refractivity contribution is 7.09. The number of thiazole rings is 1. The van der Waals surface area contributed by atoms with Crippen LogP contribution in [-0.4, -0.2) is 22.0 Å². The molecule has 1 aromatic heterocycles. The molecule has 108 valence electrons. The second-order valence-electron chi connectivity index (χ2n) is 4.35. The van der Waals surface area contributed by atoms with E-state index in [1.165, 1.54) is 17.4 Å². The number of hydrogen-bond donors (Lipinski definition) is 2. The van der Waals surface area contributed by atoms with Crippen LogP contribution in [0.15, 0.2) is 35.7 Å². The number of rotatable bonds is 5. The summed E-state index contributed by atoms with van der Waals surface area (Å²) in [5.74, 6) is -1.21. The van der Waals surface area contributed by atoms with Gasteiger partial charge in [-0.15, -0.1) is 11.3 Å². The number of nitrogens with one attached hydrogen (secondary N) is 1. The van der Waals surface area contributed by atoms with Crippen LogP contribution >= 0.6 is 11.3 Å². The molecule has 2 N–H and O–H groups in total. The number of carboxylic acids is 1. The van der Waals surface area contributed by atoms with Gasteiger partial charge in [-0.05, 0) is 30.2 Å². The summed E-state index contributed by atoms with van der Waals surface area (Å²) in [6, 6.07) is 7.31. The largest absolute Gasteiger partial charge is 0.478 e. The third kappa shape index (κ3) is 4.54. The number of carbonyl (C=O) groups is 2. The Kier molecular flexibility index (Phi) is 4.84. The van der Waals surface area contributed by atoms with Crippen molar-refractivity contribution in [3.8, 4) is 0 Å². The Hall–Kier alpha value is -2.47. The Bertz CT molecular complexity index is 692. The molecular formula is C15H14N2O3S.